The van der Waals surface area contributed by atoms with Crippen molar-refractivity contribution < 1.29 is 24.0 Å². The highest BCUT2D eigenvalue weighted by molar-refractivity contribution is 6.07. The summed E-state index contributed by atoms with van der Waals surface area (Å²) in [7, 11) is 3.13. The van der Waals surface area contributed by atoms with Crippen LogP contribution in [0, 0.1) is 10.1 Å². The average molecular weight is 476 g/mol. The quantitative estimate of drug-likeness (QED) is 0.257. The first-order valence-corrected chi connectivity index (χ1v) is 10.7. The molecule has 0 aliphatic rings. The SMILES string of the molecule is COc1ccc(CCNC(=O)c2ccccc2NC(=O)/C=C/c2cccc([N+](=O)[O-])c2)cc1OC. The minimum Gasteiger partial charge on any atom is -0.493 e. The summed E-state index contributed by atoms with van der Waals surface area (Å²) in [5.41, 5.74) is 2.08. The van der Waals surface area contributed by atoms with Crippen LogP contribution in [0.4, 0.5) is 11.4 Å². The van der Waals surface area contributed by atoms with Crippen LogP contribution >= 0.6 is 0 Å². The Morgan fingerprint density at radius 3 is 2.49 bits per heavy atom. The van der Waals surface area contributed by atoms with Crippen LogP contribution in [0.3, 0.4) is 0 Å². The number of carbonyl (C=O) groups excluding carboxylic acids is 2. The van der Waals surface area contributed by atoms with Crippen LogP contribution in [0.15, 0.2) is 72.8 Å². The number of benzene rings is 3. The molecule has 3 rings (SSSR count). The normalized spacial score (nSPS) is 10.6. The third-order valence-corrected chi connectivity index (χ3v) is 5.08. The van der Waals surface area contributed by atoms with Gasteiger partial charge < -0.3 is 20.1 Å². The van der Waals surface area contributed by atoms with Crippen LogP contribution < -0.4 is 20.1 Å². The first-order chi connectivity index (χ1) is 16.9. The largest absolute Gasteiger partial charge is 0.493 e. The highest BCUT2D eigenvalue weighted by atomic mass is 16.6. The molecule has 0 fully saturated rings. The Hall–Kier alpha value is -4.66. The van der Waals surface area contributed by atoms with Crippen molar-refractivity contribution in [3.63, 3.8) is 0 Å². The molecular formula is C26H25N3O6. The fourth-order valence-corrected chi connectivity index (χ4v) is 3.33. The molecule has 3 aromatic carbocycles. The van der Waals surface area contributed by atoms with Crippen molar-refractivity contribution in [1.82, 2.24) is 5.32 Å². The summed E-state index contributed by atoms with van der Waals surface area (Å²) in [4.78, 5) is 35.6. The van der Waals surface area contributed by atoms with E-state index >= 15 is 0 Å². The standard InChI is InChI=1S/C26H25N3O6/c1-34-23-12-10-19(17-24(23)35-2)14-15-27-26(31)21-8-3-4-9-22(21)28-25(30)13-11-18-6-5-7-20(16-18)29(32)33/h3-13,16-17H,14-15H2,1-2H3,(H,27,31)(H,28,30)/b13-11+. The Balaban J connectivity index is 1.61. The van der Waals surface area contributed by atoms with Gasteiger partial charge in [-0.15, -0.1) is 0 Å². The molecular weight excluding hydrogens is 450 g/mol. The van der Waals surface area contributed by atoms with Crippen LogP contribution in [0.1, 0.15) is 21.5 Å². The number of para-hydroxylation sites is 1. The van der Waals surface area contributed by atoms with Gasteiger partial charge in [-0.2, -0.15) is 0 Å². The van der Waals surface area contributed by atoms with Gasteiger partial charge in [0, 0.05) is 24.8 Å². The molecule has 0 atom stereocenters. The van der Waals surface area contributed by atoms with E-state index in [2.05, 4.69) is 10.6 Å². The van der Waals surface area contributed by atoms with Gasteiger partial charge in [-0.25, -0.2) is 0 Å². The van der Waals surface area contributed by atoms with E-state index in [1.54, 1.807) is 44.6 Å². The number of nitro benzene ring substituents is 1. The Morgan fingerprint density at radius 1 is 0.971 bits per heavy atom. The number of nitro groups is 1. The number of carbonyl (C=O) groups is 2. The Labute approximate surface area is 202 Å². The maximum atomic E-state index is 12.8. The number of amides is 2. The van der Waals surface area contributed by atoms with Crippen molar-refractivity contribution in [2.24, 2.45) is 0 Å². The molecule has 0 saturated carbocycles. The summed E-state index contributed by atoms with van der Waals surface area (Å²) >= 11 is 0. The fourth-order valence-electron chi connectivity index (χ4n) is 3.33. The topological polar surface area (TPSA) is 120 Å². The van der Waals surface area contributed by atoms with Gasteiger partial charge in [0.25, 0.3) is 11.6 Å². The van der Waals surface area contributed by atoms with Crippen LogP contribution in [-0.2, 0) is 11.2 Å². The van der Waals surface area contributed by atoms with Gasteiger partial charge in [-0.3, -0.25) is 19.7 Å². The highest BCUT2D eigenvalue weighted by Gasteiger charge is 2.12. The van der Waals surface area contributed by atoms with Gasteiger partial charge in [0.2, 0.25) is 5.91 Å². The fraction of sp³-hybridized carbons (Fsp3) is 0.154. The number of anilines is 1. The van der Waals surface area contributed by atoms with Crippen LogP contribution in [-0.4, -0.2) is 37.5 Å². The predicted octanol–water partition coefficient (Wildman–Crippen LogP) is 4.24. The van der Waals surface area contributed by atoms with E-state index in [4.69, 9.17) is 9.47 Å². The molecule has 0 saturated heterocycles. The molecule has 9 heteroatoms. The Morgan fingerprint density at radius 2 is 1.74 bits per heavy atom. The molecule has 0 radical (unpaired) electrons. The monoisotopic (exact) mass is 475 g/mol. The molecule has 3 aromatic rings. The second kappa shape index (κ2) is 12.0. The van der Waals surface area contributed by atoms with Crippen LogP contribution in [0.5, 0.6) is 11.5 Å². The summed E-state index contributed by atoms with van der Waals surface area (Å²) in [5.74, 6) is 0.443. The molecule has 0 aliphatic carbocycles. The van der Waals surface area contributed by atoms with Gasteiger partial charge in [-0.1, -0.05) is 30.3 Å². The Bertz CT molecular complexity index is 1260. The van der Waals surface area contributed by atoms with Gasteiger partial charge in [0.15, 0.2) is 11.5 Å². The van der Waals surface area contributed by atoms with Crippen molar-refractivity contribution >= 4 is 29.3 Å². The van der Waals surface area contributed by atoms with Crippen molar-refractivity contribution in [3.8, 4) is 11.5 Å². The zero-order chi connectivity index (χ0) is 25.2. The van der Waals surface area contributed by atoms with E-state index in [0.29, 0.717) is 41.3 Å². The summed E-state index contributed by atoms with van der Waals surface area (Å²) in [5, 5.41) is 16.4. The highest BCUT2D eigenvalue weighted by Crippen LogP contribution is 2.27. The van der Waals surface area contributed by atoms with Crippen molar-refractivity contribution in [3.05, 3.63) is 99.6 Å². The van der Waals surface area contributed by atoms with Gasteiger partial charge in [0.05, 0.1) is 30.4 Å². The van der Waals surface area contributed by atoms with E-state index in [1.165, 1.54) is 30.4 Å². The molecule has 0 aliphatic heterocycles. The Kier molecular flexibility index (Phi) is 8.55. The van der Waals surface area contributed by atoms with Crippen molar-refractivity contribution in [1.29, 1.82) is 0 Å². The lowest BCUT2D eigenvalue weighted by molar-refractivity contribution is -0.384. The first-order valence-electron chi connectivity index (χ1n) is 10.7. The molecule has 2 N–H and O–H groups in total. The van der Waals surface area contributed by atoms with Crippen LogP contribution in [0.2, 0.25) is 0 Å². The molecule has 180 valence electrons. The lowest BCUT2D eigenvalue weighted by Gasteiger charge is -2.12. The summed E-state index contributed by atoms with van der Waals surface area (Å²) in [6, 6.07) is 18.1. The van der Waals surface area contributed by atoms with Gasteiger partial charge in [-0.05, 0) is 47.9 Å². The smallest absolute Gasteiger partial charge is 0.270 e. The molecule has 9 nitrogen and oxygen atoms in total. The lowest BCUT2D eigenvalue weighted by atomic mass is 10.1. The lowest BCUT2D eigenvalue weighted by Crippen LogP contribution is -2.27. The number of methoxy groups -OCH3 is 2. The van der Waals surface area contributed by atoms with E-state index in [0.717, 1.165) is 5.56 Å². The maximum Gasteiger partial charge on any atom is 0.270 e. The molecule has 0 aromatic heterocycles. The number of rotatable bonds is 10. The van der Waals surface area contributed by atoms with Crippen molar-refractivity contribution in [2.75, 3.05) is 26.1 Å². The molecule has 2 amide bonds. The summed E-state index contributed by atoms with van der Waals surface area (Å²) in [6.07, 6.45) is 3.30. The maximum absolute atomic E-state index is 12.8. The minimum absolute atomic E-state index is 0.0670. The number of ether oxygens (including phenoxy) is 2. The number of hydrogen-bond acceptors (Lipinski definition) is 6. The van der Waals surface area contributed by atoms with E-state index in [1.807, 2.05) is 18.2 Å². The molecule has 0 spiro atoms. The van der Waals surface area contributed by atoms with Crippen molar-refractivity contribution in [2.45, 2.75) is 6.42 Å². The van der Waals surface area contributed by atoms with Crippen LogP contribution in [0.25, 0.3) is 6.08 Å². The second-order valence-corrected chi connectivity index (χ2v) is 7.42. The summed E-state index contributed by atoms with van der Waals surface area (Å²) < 4.78 is 10.5. The number of hydrogen-bond donors (Lipinski definition) is 2. The third-order valence-electron chi connectivity index (χ3n) is 5.08. The van der Waals surface area contributed by atoms with E-state index < -0.39 is 10.8 Å². The molecule has 0 unspecified atom stereocenters. The zero-order valence-corrected chi connectivity index (χ0v) is 19.3. The van der Waals surface area contributed by atoms with E-state index in [9.17, 15) is 19.7 Å². The zero-order valence-electron chi connectivity index (χ0n) is 19.3. The average Bonchev–Trinajstić information content (AvgIpc) is 2.87. The van der Waals surface area contributed by atoms with E-state index in [-0.39, 0.29) is 11.6 Å². The predicted molar refractivity (Wildman–Crippen MR) is 133 cm³/mol. The molecule has 0 heterocycles. The number of nitrogens with zero attached hydrogens (tertiary/aromatic N) is 1. The number of nitrogens with one attached hydrogen (secondary N) is 2. The second-order valence-electron chi connectivity index (χ2n) is 7.42. The third kappa shape index (κ3) is 6.91. The van der Waals surface area contributed by atoms with Gasteiger partial charge >= 0.3 is 0 Å². The minimum atomic E-state index is -0.503. The number of non-ortho nitro benzene ring substituents is 1. The first kappa shape index (κ1) is 25.0. The molecule has 35 heavy (non-hydrogen) atoms. The summed E-state index contributed by atoms with van der Waals surface area (Å²) in [6.45, 7) is 0.378. The van der Waals surface area contributed by atoms with Gasteiger partial charge in [0.1, 0.15) is 0 Å². The molecule has 0 bridgehead atoms.